The predicted octanol–water partition coefficient (Wildman–Crippen LogP) is 3.96. The molecule has 0 fully saturated rings. The summed E-state index contributed by atoms with van der Waals surface area (Å²) in [6.45, 7) is 15.2. The Morgan fingerprint density at radius 1 is 1.18 bits per heavy atom. The molecule has 0 bridgehead atoms. The van der Waals surface area contributed by atoms with E-state index in [9.17, 15) is 8.42 Å². The lowest BCUT2D eigenvalue weighted by atomic mass is 9.98. The predicted molar refractivity (Wildman–Crippen MR) is 147 cm³/mol. The van der Waals surface area contributed by atoms with Gasteiger partial charge in [0, 0.05) is 31.6 Å². The molecule has 7 heteroatoms. The Labute approximate surface area is 205 Å². The fraction of sp³-hybridized carbons (Fsp3) is 0.615. The molecule has 2 unspecified atom stereocenters. The summed E-state index contributed by atoms with van der Waals surface area (Å²) < 4.78 is 25.5. The highest BCUT2D eigenvalue weighted by molar-refractivity contribution is 7.91. The number of hydrogen-bond donors (Lipinski definition) is 2. The molecule has 1 rings (SSSR count). The van der Waals surface area contributed by atoms with Crippen LogP contribution in [0, 0.1) is 17.8 Å². The maximum atomic E-state index is 12.8. The van der Waals surface area contributed by atoms with E-state index >= 15 is 0 Å². The first kappa shape index (κ1) is 29.8. The lowest BCUT2D eigenvalue weighted by molar-refractivity contribution is 0.414. The maximum Gasteiger partial charge on any atom is 0.151 e. The summed E-state index contributed by atoms with van der Waals surface area (Å²) in [5, 5.41) is 6.84. The minimum Gasteiger partial charge on any atom is -0.387 e. The molecular formula is C26H46N3O2PS. The van der Waals surface area contributed by atoms with Gasteiger partial charge in [0.1, 0.15) is 0 Å². The van der Waals surface area contributed by atoms with Gasteiger partial charge in [0.25, 0.3) is 0 Å². The van der Waals surface area contributed by atoms with Gasteiger partial charge in [-0.15, -0.1) is 15.8 Å². The normalized spacial score (nSPS) is 13.8. The fourth-order valence-corrected chi connectivity index (χ4v) is 5.47. The third-order valence-electron chi connectivity index (χ3n) is 5.79. The van der Waals surface area contributed by atoms with E-state index in [1.807, 2.05) is 36.2 Å². The summed E-state index contributed by atoms with van der Waals surface area (Å²) in [5.74, 6) is 1.51. The summed E-state index contributed by atoms with van der Waals surface area (Å²) in [6.07, 6.45) is 5.83. The molecule has 1 aromatic rings. The Morgan fingerprint density at radius 2 is 1.88 bits per heavy atom. The van der Waals surface area contributed by atoms with Crippen LogP contribution in [0.4, 0.5) is 0 Å². The van der Waals surface area contributed by atoms with Gasteiger partial charge in [0.2, 0.25) is 0 Å². The van der Waals surface area contributed by atoms with E-state index < -0.39 is 9.84 Å². The zero-order chi connectivity index (χ0) is 24.7. The number of sulfone groups is 1. The van der Waals surface area contributed by atoms with Crippen LogP contribution in [0.3, 0.4) is 0 Å². The highest BCUT2D eigenvalue weighted by atomic mass is 32.2. The second-order valence-electron chi connectivity index (χ2n) is 9.51. The molecule has 0 saturated heterocycles. The number of rotatable bonds is 19. The summed E-state index contributed by atoms with van der Waals surface area (Å²) in [7, 11) is 1.43. The first-order valence-corrected chi connectivity index (χ1v) is 14.7. The Balaban J connectivity index is 2.57. The van der Waals surface area contributed by atoms with Gasteiger partial charge in [-0.3, -0.25) is 0 Å². The summed E-state index contributed by atoms with van der Waals surface area (Å²) in [4.78, 5) is 2.00. The van der Waals surface area contributed by atoms with E-state index in [1.165, 1.54) is 6.42 Å². The van der Waals surface area contributed by atoms with Crippen LogP contribution in [-0.2, 0) is 16.3 Å². The minimum atomic E-state index is -3.14. The molecular weight excluding hydrogens is 449 g/mol. The lowest BCUT2D eigenvalue weighted by Crippen LogP contribution is -2.35. The van der Waals surface area contributed by atoms with Gasteiger partial charge in [0.15, 0.2) is 9.84 Å². The number of nitrogens with one attached hydrogen (secondary N) is 2. The van der Waals surface area contributed by atoms with Crippen LogP contribution in [0.15, 0.2) is 55.3 Å². The van der Waals surface area contributed by atoms with Crippen LogP contribution in [-0.4, -0.2) is 64.3 Å². The molecule has 0 aromatic heterocycles. The Kier molecular flexibility index (Phi) is 14.9. The molecule has 2 N–H and O–H groups in total. The zero-order valence-electron chi connectivity index (χ0n) is 20.9. The first-order chi connectivity index (χ1) is 15.6. The Hall–Kier alpha value is -1.20. The molecule has 188 valence electrons. The number of hydrogen-bond acceptors (Lipinski definition) is 5. The van der Waals surface area contributed by atoms with Crippen molar-refractivity contribution >= 4 is 19.1 Å². The average Bonchev–Trinajstić information content (AvgIpc) is 2.77. The van der Waals surface area contributed by atoms with Gasteiger partial charge in [0.05, 0.1) is 11.5 Å². The molecule has 0 heterocycles. The van der Waals surface area contributed by atoms with E-state index in [0.29, 0.717) is 31.5 Å². The minimum absolute atomic E-state index is 0.0125. The van der Waals surface area contributed by atoms with Crippen molar-refractivity contribution in [2.24, 2.45) is 17.8 Å². The Morgan fingerprint density at radius 3 is 2.48 bits per heavy atom. The van der Waals surface area contributed by atoms with Gasteiger partial charge in [-0.25, -0.2) is 8.42 Å². The van der Waals surface area contributed by atoms with Gasteiger partial charge in [-0.2, -0.15) is 0 Å². The molecule has 0 aliphatic heterocycles. The van der Waals surface area contributed by atoms with Gasteiger partial charge in [-0.1, -0.05) is 63.3 Å². The van der Waals surface area contributed by atoms with Crippen LogP contribution >= 0.6 is 9.24 Å². The average molecular weight is 496 g/mol. The third-order valence-corrected chi connectivity index (χ3v) is 8.19. The number of benzene rings is 1. The second kappa shape index (κ2) is 16.4. The topological polar surface area (TPSA) is 61.4 Å². The largest absolute Gasteiger partial charge is 0.387 e. The van der Waals surface area contributed by atoms with Crippen molar-refractivity contribution in [1.82, 2.24) is 15.5 Å². The highest BCUT2D eigenvalue weighted by Crippen LogP contribution is 2.14. The van der Waals surface area contributed by atoms with Crippen molar-refractivity contribution in [2.75, 3.05) is 51.0 Å². The summed E-state index contributed by atoms with van der Waals surface area (Å²) in [5.41, 5.74) is 2.09. The molecule has 5 nitrogen and oxygen atoms in total. The molecule has 0 saturated carbocycles. The SMILES string of the molecule is C=CC(CCC(C)C)CNC(=C)CNC[C@H](Cc1ccccc1)CS(=O)(=O)CCN(C)CP. The van der Waals surface area contributed by atoms with E-state index in [0.717, 1.165) is 36.9 Å². The van der Waals surface area contributed by atoms with Crippen molar-refractivity contribution in [3.8, 4) is 0 Å². The summed E-state index contributed by atoms with van der Waals surface area (Å²) >= 11 is 0. The summed E-state index contributed by atoms with van der Waals surface area (Å²) in [6, 6.07) is 10.1. The molecule has 0 aliphatic rings. The zero-order valence-corrected chi connectivity index (χ0v) is 22.9. The fourth-order valence-electron chi connectivity index (χ4n) is 3.58. The van der Waals surface area contributed by atoms with Crippen LogP contribution in [0.1, 0.15) is 32.3 Å². The molecule has 0 amide bonds. The number of nitrogens with zero attached hydrogens (tertiary/aromatic N) is 1. The van der Waals surface area contributed by atoms with E-state index in [2.05, 4.69) is 59.0 Å². The van der Waals surface area contributed by atoms with Crippen molar-refractivity contribution in [3.63, 3.8) is 0 Å². The monoisotopic (exact) mass is 495 g/mol. The van der Waals surface area contributed by atoms with Gasteiger partial charge >= 0.3 is 0 Å². The van der Waals surface area contributed by atoms with Gasteiger partial charge in [-0.05, 0) is 49.8 Å². The molecule has 1 aromatic carbocycles. The van der Waals surface area contributed by atoms with E-state index in [-0.39, 0.29) is 17.4 Å². The van der Waals surface area contributed by atoms with Crippen LogP contribution in [0.25, 0.3) is 0 Å². The van der Waals surface area contributed by atoms with Crippen molar-refractivity contribution < 1.29 is 8.42 Å². The van der Waals surface area contributed by atoms with Crippen LogP contribution < -0.4 is 10.6 Å². The van der Waals surface area contributed by atoms with Crippen LogP contribution in [0.2, 0.25) is 0 Å². The van der Waals surface area contributed by atoms with E-state index in [4.69, 9.17) is 0 Å². The van der Waals surface area contributed by atoms with E-state index in [1.54, 1.807) is 0 Å². The molecule has 0 spiro atoms. The molecule has 0 aliphatic carbocycles. The molecule has 0 radical (unpaired) electrons. The molecule has 33 heavy (non-hydrogen) atoms. The quantitative estimate of drug-likeness (QED) is 0.225. The highest BCUT2D eigenvalue weighted by Gasteiger charge is 2.20. The molecule has 3 atom stereocenters. The Bertz CT molecular complexity index is 784. The lowest BCUT2D eigenvalue weighted by Gasteiger charge is -2.21. The first-order valence-electron chi connectivity index (χ1n) is 12.0. The van der Waals surface area contributed by atoms with Crippen LogP contribution in [0.5, 0.6) is 0 Å². The van der Waals surface area contributed by atoms with Crippen molar-refractivity contribution in [1.29, 1.82) is 0 Å². The van der Waals surface area contributed by atoms with Crippen molar-refractivity contribution in [2.45, 2.75) is 33.1 Å². The standard InChI is InChI=1S/C26H46N3O2PS/c1-6-24(13-12-22(2)3)19-28-23(4)17-27-18-26(16-25-10-8-7-9-11-25)20-33(30,31)15-14-29(5)21-32/h6-11,22,24,26-28H,1,4,12-21,32H2,2-3,5H3/t24?,26-/m0/s1. The third kappa shape index (κ3) is 14.6. The van der Waals surface area contributed by atoms with Gasteiger partial charge < -0.3 is 15.5 Å². The maximum absolute atomic E-state index is 12.8. The van der Waals surface area contributed by atoms with Crippen molar-refractivity contribution in [3.05, 3.63) is 60.8 Å². The smallest absolute Gasteiger partial charge is 0.151 e. The second-order valence-corrected chi connectivity index (χ2v) is 12.1.